The number of nitrogens with one attached hydrogen (secondary N) is 1. The normalized spacial score (nSPS) is 11.8. The molecule has 18 heavy (non-hydrogen) atoms. The molecule has 0 fully saturated rings. The highest BCUT2D eigenvalue weighted by Gasteiger charge is 2.11. The van der Waals surface area contributed by atoms with Crippen LogP contribution in [0, 0.1) is 6.92 Å². The molecule has 0 bridgehead atoms. The van der Waals surface area contributed by atoms with Crippen LogP contribution in [-0.4, -0.2) is 27.5 Å². The predicted octanol–water partition coefficient (Wildman–Crippen LogP) is -0.250. The Morgan fingerprint density at radius 2 is 2.00 bits per heavy atom. The van der Waals surface area contributed by atoms with Crippen molar-refractivity contribution in [2.75, 3.05) is 22.6 Å². The second-order valence-corrected chi connectivity index (χ2v) is 5.29. The number of nitrogens with two attached hydrogens (primary N) is 2. The van der Waals surface area contributed by atoms with Crippen molar-refractivity contribution in [3.8, 4) is 0 Å². The van der Waals surface area contributed by atoms with Crippen LogP contribution >= 0.6 is 0 Å². The summed E-state index contributed by atoms with van der Waals surface area (Å²) < 4.78 is 11.3. The van der Waals surface area contributed by atoms with Crippen molar-refractivity contribution < 1.29 is 13.8 Å². The third kappa shape index (κ3) is 4.54. The van der Waals surface area contributed by atoms with Crippen LogP contribution in [0.2, 0.25) is 0 Å². The molecule has 7 heteroatoms. The molecule has 6 nitrogen and oxygen atoms in total. The Morgan fingerprint density at radius 1 is 1.33 bits per heavy atom. The maximum Gasteiger partial charge on any atom is 0.237 e. The fraction of sp³-hybridized carbons (Fsp3) is 0.273. The van der Waals surface area contributed by atoms with Crippen molar-refractivity contribution in [2.24, 2.45) is 5.73 Å². The summed E-state index contributed by atoms with van der Waals surface area (Å²) in [6.07, 6.45) is 0. The number of anilines is 2. The summed E-state index contributed by atoms with van der Waals surface area (Å²) in [4.78, 5) is 22.0. The number of nitrogen functional groups attached to an aromatic ring is 1. The number of primary amides is 1. The molecular weight excluding hydrogens is 254 g/mol. The van der Waals surface area contributed by atoms with Gasteiger partial charge in [-0.25, -0.2) is 0 Å². The second kappa shape index (κ2) is 6.15. The van der Waals surface area contributed by atoms with Crippen LogP contribution in [-0.2, 0) is 20.4 Å². The minimum atomic E-state index is -1.59. The van der Waals surface area contributed by atoms with E-state index in [-0.39, 0.29) is 11.5 Å². The molecule has 1 aromatic carbocycles. The molecule has 0 heterocycles. The average Bonchev–Trinajstić information content (AvgIpc) is 2.20. The van der Waals surface area contributed by atoms with Gasteiger partial charge in [0.05, 0.1) is 11.4 Å². The number of carbonyl (C=O) groups is 2. The third-order valence-electron chi connectivity index (χ3n) is 2.08. The SMILES string of the molecule is Cc1ccc(NC(=O)CS(=O)CC(N)=O)c(N)c1. The van der Waals surface area contributed by atoms with Crippen LogP contribution in [0.15, 0.2) is 18.2 Å². The predicted molar refractivity (Wildman–Crippen MR) is 71.3 cm³/mol. The largest absolute Gasteiger partial charge is 0.397 e. The lowest BCUT2D eigenvalue weighted by Crippen LogP contribution is -2.26. The number of benzene rings is 1. The van der Waals surface area contributed by atoms with Gasteiger partial charge in [0.2, 0.25) is 11.8 Å². The van der Waals surface area contributed by atoms with Crippen LogP contribution in [0.5, 0.6) is 0 Å². The van der Waals surface area contributed by atoms with Crippen LogP contribution in [0.1, 0.15) is 5.56 Å². The Morgan fingerprint density at radius 3 is 2.56 bits per heavy atom. The molecule has 1 unspecified atom stereocenters. The van der Waals surface area contributed by atoms with Gasteiger partial charge in [0, 0.05) is 10.8 Å². The van der Waals surface area contributed by atoms with E-state index in [0.29, 0.717) is 11.4 Å². The van der Waals surface area contributed by atoms with Crippen molar-refractivity contribution in [1.29, 1.82) is 0 Å². The molecule has 0 aliphatic heterocycles. The van der Waals surface area contributed by atoms with E-state index in [2.05, 4.69) is 5.32 Å². The number of carbonyl (C=O) groups excluding carboxylic acids is 2. The molecule has 0 saturated heterocycles. The van der Waals surface area contributed by atoms with E-state index >= 15 is 0 Å². The Labute approximate surface area is 107 Å². The summed E-state index contributed by atoms with van der Waals surface area (Å²) in [5, 5.41) is 2.53. The smallest absolute Gasteiger partial charge is 0.237 e. The molecule has 1 rings (SSSR count). The molecule has 0 aliphatic rings. The molecule has 1 aromatic rings. The number of amides is 2. The third-order valence-corrected chi connectivity index (χ3v) is 3.27. The lowest BCUT2D eigenvalue weighted by molar-refractivity contribution is -0.115. The summed E-state index contributed by atoms with van der Waals surface area (Å²) in [6.45, 7) is 1.88. The van der Waals surface area contributed by atoms with E-state index in [1.54, 1.807) is 18.2 Å². The molecule has 0 aromatic heterocycles. The standard InChI is InChI=1S/C11H15N3O3S/c1-7-2-3-9(8(12)4-7)14-11(16)6-18(17)5-10(13)15/h2-4H,5-6,12H2,1H3,(H2,13,15)(H,14,16). The topological polar surface area (TPSA) is 115 Å². The minimum Gasteiger partial charge on any atom is -0.397 e. The van der Waals surface area contributed by atoms with Gasteiger partial charge in [-0.1, -0.05) is 6.07 Å². The van der Waals surface area contributed by atoms with Crippen LogP contribution in [0.25, 0.3) is 0 Å². The van der Waals surface area contributed by atoms with E-state index in [1.807, 2.05) is 6.92 Å². The molecule has 5 N–H and O–H groups in total. The highest BCUT2D eigenvalue weighted by molar-refractivity contribution is 7.86. The molecule has 0 radical (unpaired) electrons. The van der Waals surface area contributed by atoms with Gasteiger partial charge in [0.15, 0.2) is 0 Å². The molecule has 1 atom stereocenters. The summed E-state index contributed by atoms with van der Waals surface area (Å²) in [5.74, 6) is -1.77. The molecule has 2 amide bonds. The van der Waals surface area contributed by atoms with Gasteiger partial charge in [-0.05, 0) is 24.6 Å². The molecule has 98 valence electrons. The maximum absolute atomic E-state index is 11.5. The fourth-order valence-corrected chi connectivity index (χ4v) is 2.12. The second-order valence-electron chi connectivity index (χ2n) is 3.83. The maximum atomic E-state index is 11.5. The highest BCUT2D eigenvalue weighted by atomic mass is 32.2. The van der Waals surface area contributed by atoms with E-state index in [0.717, 1.165) is 5.56 Å². The quantitative estimate of drug-likeness (QED) is 0.639. The first-order chi connectivity index (χ1) is 8.38. The Kier molecular flexibility index (Phi) is 4.85. The van der Waals surface area contributed by atoms with E-state index in [9.17, 15) is 13.8 Å². The van der Waals surface area contributed by atoms with Gasteiger partial charge in [-0.3, -0.25) is 13.8 Å². The Balaban J connectivity index is 2.59. The average molecular weight is 269 g/mol. The molecule has 0 saturated carbocycles. The zero-order valence-corrected chi connectivity index (χ0v) is 10.8. The van der Waals surface area contributed by atoms with Gasteiger partial charge < -0.3 is 16.8 Å². The summed E-state index contributed by atoms with van der Waals surface area (Å²) in [7, 11) is -1.59. The van der Waals surface area contributed by atoms with Gasteiger partial charge in [0.25, 0.3) is 0 Å². The first-order valence-electron chi connectivity index (χ1n) is 5.17. The van der Waals surface area contributed by atoms with Crippen LogP contribution < -0.4 is 16.8 Å². The van der Waals surface area contributed by atoms with E-state index < -0.39 is 22.6 Å². The van der Waals surface area contributed by atoms with E-state index in [1.165, 1.54) is 0 Å². The number of aryl methyl sites for hydroxylation is 1. The lowest BCUT2D eigenvalue weighted by Gasteiger charge is -2.08. The molecule has 0 spiro atoms. The van der Waals surface area contributed by atoms with Crippen LogP contribution in [0.3, 0.4) is 0 Å². The van der Waals surface area contributed by atoms with Crippen molar-refractivity contribution >= 4 is 34.0 Å². The van der Waals surface area contributed by atoms with Gasteiger partial charge in [-0.15, -0.1) is 0 Å². The van der Waals surface area contributed by atoms with Crippen molar-refractivity contribution in [3.05, 3.63) is 23.8 Å². The summed E-state index contributed by atoms with van der Waals surface area (Å²) >= 11 is 0. The Hall–Kier alpha value is -1.89. The Bertz CT molecular complexity index is 502. The van der Waals surface area contributed by atoms with Crippen molar-refractivity contribution in [2.45, 2.75) is 6.92 Å². The highest BCUT2D eigenvalue weighted by Crippen LogP contribution is 2.19. The zero-order chi connectivity index (χ0) is 13.7. The summed E-state index contributed by atoms with van der Waals surface area (Å²) in [6, 6.07) is 5.18. The lowest BCUT2D eigenvalue weighted by atomic mass is 10.2. The van der Waals surface area contributed by atoms with E-state index in [4.69, 9.17) is 11.5 Å². The fourth-order valence-electron chi connectivity index (χ4n) is 1.34. The zero-order valence-electron chi connectivity index (χ0n) is 9.93. The van der Waals surface area contributed by atoms with Crippen molar-refractivity contribution in [3.63, 3.8) is 0 Å². The summed E-state index contributed by atoms with van der Waals surface area (Å²) in [5.41, 5.74) is 12.5. The van der Waals surface area contributed by atoms with Crippen LogP contribution in [0.4, 0.5) is 11.4 Å². The first kappa shape index (κ1) is 14.2. The number of hydrogen-bond acceptors (Lipinski definition) is 4. The minimum absolute atomic E-state index is 0.281. The first-order valence-corrected chi connectivity index (χ1v) is 6.66. The molecular formula is C11H15N3O3S. The van der Waals surface area contributed by atoms with Gasteiger partial charge in [-0.2, -0.15) is 0 Å². The van der Waals surface area contributed by atoms with Gasteiger partial charge in [0.1, 0.15) is 11.5 Å². The van der Waals surface area contributed by atoms with Gasteiger partial charge >= 0.3 is 0 Å². The number of rotatable bonds is 5. The molecule has 0 aliphatic carbocycles. The monoisotopic (exact) mass is 269 g/mol. The van der Waals surface area contributed by atoms with Crippen molar-refractivity contribution in [1.82, 2.24) is 0 Å². The number of hydrogen-bond donors (Lipinski definition) is 3.